The van der Waals surface area contributed by atoms with Crippen LogP contribution in [0.3, 0.4) is 0 Å². The molecule has 2 heterocycles. The fourth-order valence-corrected chi connectivity index (χ4v) is 2.88. The number of nitrogens with one attached hydrogen (secondary N) is 1. The van der Waals surface area contributed by atoms with Crippen LogP contribution in [0.15, 0.2) is 16.7 Å². The number of aromatic nitrogens is 3. The van der Waals surface area contributed by atoms with E-state index in [4.69, 9.17) is 0 Å². The van der Waals surface area contributed by atoms with Gasteiger partial charge in [-0.05, 0) is 47.8 Å². The molecule has 21 heavy (non-hydrogen) atoms. The van der Waals surface area contributed by atoms with Crippen LogP contribution in [-0.4, -0.2) is 20.8 Å². The summed E-state index contributed by atoms with van der Waals surface area (Å²) in [4.78, 5) is 4.59. The molecule has 0 saturated carbocycles. The molecule has 2 aromatic rings. The van der Waals surface area contributed by atoms with Crippen molar-refractivity contribution in [3.05, 3.63) is 39.3 Å². The molecule has 0 amide bonds. The average molecular weight is 351 g/mol. The molecule has 0 saturated heterocycles. The first kappa shape index (κ1) is 16.2. The normalized spacial score (nSPS) is 11.4. The van der Waals surface area contributed by atoms with Gasteiger partial charge < -0.3 is 5.32 Å². The lowest BCUT2D eigenvalue weighted by atomic mass is 10.1. The number of aryl methyl sites for hydroxylation is 1. The van der Waals surface area contributed by atoms with E-state index in [2.05, 4.69) is 72.0 Å². The Bertz CT molecular complexity index is 631. The SMILES string of the molecule is CCc1c(C)nn(-c2ncc(Br)cc2CNC(C)C)c1C. The lowest BCUT2D eigenvalue weighted by Gasteiger charge is -2.13. The quantitative estimate of drug-likeness (QED) is 0.893. The van der Waals surface area contributed by atoms with Gasteiger partial charge in [-0.2, -0.15) is 5.10 Å². The molecule has 0 spiro atoms. The Morgan fingerprint density at radius 2 is 2.05 bits per heavy atom. The molecule has 5 heteroatoms. The van der Waals surface area contributed by atoms with E-state index in [-0.39, 0.29) is 0 Å². The molecule has 0 unspecified atom stereocenters. The number of rotatable bonds is 5. The van der Waals surface area contributed by atoms with E-state index in [1.807, 2.05) is 10.9 Å². The molecule has 0 aliphatic rings. The smallest absolute Gasteiger partial charge is 0.158 e. The average Bonchev–Trinajstić information content (AvgIpc) is 2.71. The number of hydrogen-bond donors (Lipinski definition) is 1. The Labute approximate surface area is 135 Å². The zero-order chi connectivity index (χ0) is 15.6. The molecule has 0 atom stereocenters. The lowest BCUT2D eigenvalue weighted by molar-refractivity contribution is 0.584. The van der Waals surface area contributed by atoms with Gasteiger partial charge in [0.25, 0.3) is 0 Å². The molecule has 0 bridgehead atoms. The molecule has 0 radical (unpaired) electrons. The molecule has 4 nitrogen and oxygen atoms in total. The maximum absolute atomic E-state index is 4.68. The largest absolute Gasteiger partial charge is 0.310 e. The standard InChI is InChI=1S/C16H23BrN4/c1-6-15-11(4)20-21(12(15)5)16-13(8-18-10(2)3)7-14(17)9-19-16/h7,9-10,18H,6,8H2,1-5H3. The Morgan fingerprint density at radius 1 is 1.33 bits per heavy atom. The van der Waals surface area contributed by atoms with E-state index < -0.39 is 0 Å². The topological polar surface area (TPSA) is 42.7 Å². The fourth-order valence-electron chi connectivity index (χ4n) is 2.50. The van der Waals surface area contributed by atoms with Gasteiger partial charge in [0, 0.05) is 34.5 Å². The second-order valence-electron chi connectivity index (χ2n) is 5.59. The third-order valence-corrected chi connectivity index (χ3v) is 4.04. The summed E-state index contributed by atoms with van der Waals surface area (Å²) >= 11 is 3.51. The van der Waals surface area contributed by atoms with Crippen molar-refractivity contribution >= 4 is 15.9 Å². The van der Waals surface area contributed by atoms with Gasteiger partial charge in [0.2, 0.25) is 0 Å². The predicted octanol–water partition coefficient (Wildman–Crippen LogP) is 3.71. The van der Waals surface area contributed by atoms with Crippen LogP contribution in [0.2, 0.25) is 0 Å². The highest BCUT2D eigenvalue weighted by Gasteiger charge is 2.15. The fraction of sp³-hybridized carbons (Fsp3) is 0.500. The van der Waals surface area contributed by atoms with E-state index in [0.29, 0.717) is 6.04 Å². The van der Waals surface area contributed by atoms with Gasteiger partial charge in [-0.3, -0.25) is 0 Å². The van der Waals surface area contributed by atoms with E-state index in [1.165, 1.54) is 11.3 Å². The minimum absolute atomic E-state index is 0.434. The molecule has 114 valence electrons. The van der Waals surface area contributed by atoms with Gasteiger partial charge in [-0.1, -0.05) is 20.8 Å². The Kier molecular flexibility index (Phi) is 5.17. The summed E-state index contributed by atoms with van der Waals surface area (Å²) in [5.41, 5.74) is 4.71. The van der Waals surface area contributed by atoms with Crippen molar-refractivity contribution in [2.24, 2.45) is 0 Å². The summed E-state index contributed by atoms with van der Waals surface area (Å²) in [6, 6.07) is 2.54. The minimum atomic E-state index is 0.434. The summed E-state index contributed by atoms with van der Waals surface area (Å²) in [6.07, 6.45) is 2.82. The number of pyridine rings is 1. The van der Waals surface area contributed by atoms with E-state index in [0.717, 1.165) is 34.5 Å². The number of nitrogens with zero attached hydrogens (tertiary/aromatic N) is 3. The highest BCUT2D eigenvalue weighted by molar-refractivity contribution is 9.10. The first-order valence-electron chi connectivity index (χ1n) is 7.37. The molecule has 0 aliphatic heterocycles. The van der Waals surface area contributed by atoms with Gasteiger partial charge in [0.15, 0.2) is 5.82 Å². The van der Waals surface area contributed by atoms with Gasteiger partial charge in [0.1, 0.15) is 0 Å². The van der Waals surface area contributed by atoms with Crippen molar-refractivity contribution in [2.45, 2.75) is 53.6 Å². The van der Waals surface area contributed by atoms with Gasteiger partial charge in [-0.25, -0.2) is 9.67 Å². The van der Waals surface area contributed by atoms with Crippen LogP contribution in [-0.2, 0) is 13.0 Å². The van der Waals surface area contributed by atoms with E-state index in [9.17, 15) is 0 Å². The van der Waals surface area contributed by atoms with Crippen molar-refractivity contribution in [1.29, 1.82) is 0 Å². The lowest BCUT2D eigenvalue weighted by Crippen LogP contribution is -2.23. The molecule has 0 aliphatic carbocycles. The van der Waals surface area contributed by atoms with Crippen molar-refractivity contribution in [2.75, 3.05) is 0 Å². The first-order valence-corrected chi connectivity index (χ1v) is 8.16. The summed E-state index contributed by atoms with van der Waals surface area (Å²) in [7, 11) is 0. The molecule has 0 fully saturated rings. The Hall–Kier alpha value is -1.20. The third-order valence-electron chi connectivity index (χ3n) is 3.61. The zero-order valence-electron chi connectivity index (χ0n) is 13.4. The highest BCUT2D eigenvalue weighted by atomic mass is 79.9. The summed E-state index contributed by atoms with van der Waals surface area (Å²) in [5.74, 6) is 0.909. The van der Waals surface area contributed by atoms with Gasteiger partial charge in [-0.15, -0.1) is 0 Å². The van der Waals surface area contributed by atoms with Crippen LogP contribution in [0.5, 0.6) is 0 Å². The maximum Gasteiger partial charge on any atom is 0.158 e. The highest BCUT2D eigenvalue weighted by Crippen LogP contribution is 2.22. The van der Waals surface area contributed by atoms with Gasteiger partial charge in [0.05, 0.1) is 5.69 Å². The van der Waals surface area contributed by atoms with Gasteiger partial charge >= 0.3 is 0 Å². The molecule has 0 aromatic carbocycles. The molecular formula is C16H23BrN4. The van der Waals surface area contributed by atoms with Crippen LogP contribution in [0.1, 0.15) is 43.3 Å². The molecular weight excluding hydrogens is 328 g/mol. The minimum Gasteiger partial charge on any atom is -0.310 e. The van der Waals surface area contributed by atoms with Crippen molar-refractivity contribution in [3.63, 3.8) is 0 Å². The van der Waals surface area contributed by atoms with Crippen LogP contribution >= 0.6 is 15.9 Å². The number of hydrogen-bond acceptors (Lipinski definition) is 3. The summed E-state index contributed by atoms with van der Waals surface area (Å²) in [5, 5.41) is 8.13. The van der Waals surface area contributed by atoms with E-state index in [1.54, 1.807) is 0 Å². The predicted molar refractivity (Wildman–Crippen MR) is 89.9 cm³/mol. The monoisotopic (exact) mass is 350 g/mol. The van der Waals surface area contributed by atoms with Crippen LogP contribution < -0.4 is 5.32 Å². The summed E-state index contributed by atoms with van der Waals surface area (Å²) < 4.78 is 2.96. The maximum atomic E-state index is 4.68. The first-order chi connectivity index (χ1) is 9.93. The van der Waals surface area contributed by atoms with Crippen molar-refractivity contribution < 1.29 is 0 Å². The second-order valence-corrected chi connectivity index (χ2v) is 6.50. The van der Waals surface area contributed by atoms with E-state index >= 15 is 0 Å². The van der Waals surface area contributed by atoms with Crippen molar-refractivity contribution in [1.82, 2.24) is 20.1 Å². The molecule has 2 aromatic heterocycles. The van der Waals surface area contributed by atoms with Crippen LogP contribution in [0, 0.1) is 13.8 Å². The zero-order valence-corrected chi connectivity index (χ0v) is 15.0. The Balaban J connectivity index is 2.48. The Morgan fingerprint density at radius 3 is 2.62 bits per heavy atom. The summed E-state index contributed by atoms with van der Waals surface area (Å²) in [6.45, 7) is 11.4. The second kappa shape index (κ2) is 6.71. The van der Waals surface area contributed by atoms with Crippen LogP contribution in [0.4, 0.5) is 0 Å². The molecule has 1 N–H and O–H groups in total. The van der Waals surface area contributed by atoms with Crippen molar-refractivity contribution in [3.8, 4) is 5.82 Å². The third kappa shape index (κ3) is 3.52. The number of halogens is 1. The van der Waals surface area contributed by atoms with Crippen LogP contribution in [0.25, 0.3) is 5.82 Å². The molecule has 2 rings (SSSR count).